The molecule has 158 valence electrons. The highest BCUT2D eigenvalue weighted by molar-refractivity contribution is 5.75. The van der Waals surface area contributed by atoms with Gasteiger partial charge in [0.1, 0.15) is 5.75 Å². The molecule has 5 nitrogen and oxygen atoms in total. The van der Waals surface area contributed by atoms with Crippen LogP contribution in [0.1, 0.15) is 11.1 Å². The minimum atomic E-state index is -4.56. The zero-order valence-corrected chi connectivity index (χ0v) is 16.2. The van der Waals surface area contributed by atoms with E-state index in [9.17, 15) is 22.4 Å². The second kappa shape index (κ2) is 9.60. The van der Waals surface area contributed by atoms with Crippen molar-refractivity contribution in [2.45, 2.75) is 12.7 Å². The van der Waals surface area contributed by atoms with Gasteiger partial charge in [-0.25, -0.2) is 4.39 Å². The summed E-state index contributed by atoms with van der Waals surface area (Å²) in [6, 6.07) is 5.60. The monoisotopic (exact) mass is 415 g/mol. The molecule has 1 amide bonds. The number of ether oxygens (including phenoxy) is 3. The van der Waals surface area contributed by atoms with Crippen molar-refractivity contribution in [2.24, 2.45) is 0 Å². The van der Waals surface area contributed by atoms with Crippen LogP contribution in [0.2, 0.25) is 0 Å². The van der Waals surface area contributed by atoms with Crippen LogP contribution in [0.3, 0.4) is 0 Å². The number of rotatable bonds is 9. The van der Waals surface area contributed by atoms with Gasteiger partial charge >= 0.3 is 6.18 Å². The molecule has 0 saturated carbocycles. The van der Waals surface area contributed by atoms with E-state index in [2.05, 4.69) is 0 Å². The number of nitrogens with zero attached hydrogens (tertiary/aromatic N) is 1. The first-order valence-electron chi connectivity index (χ1n) is 8.55. The molecule has 0 aliphatic carbocycles. The van der Waals surface area contributed by atoms with E-state index in [4.69, 9.17) is 14.2 Å². The van der Waals surface area contributed by atoms with Gasteiger partial charge in [0.2, 0.25) is 6.41 Å². The maximum Gasteiger partial charge on any atom is 0.416 e. The molecule has 0 unspecified atom stereocenters. The van der Waals surface area contributed by atoms with Crippen molar-refractivity contribution in [1.29, 1.82) is 0 Å². The van der Waals surface area contributed by atoms with Crippen molar-refractivity contribution < 1.29 is 36.6 Å². The van der Waals surface area contributed by atoms with E-state index in [1.165, 1.54) is 38.4 Å². The molecule has 2 rings (SSSR count). The summed E-state index contributed by atoms with van der Waals surface area (Å²) in [5, 5.41) is 0. The van der Waals surface area contributed by atoms with Gasteiger partial charge in [-0.05, 0) is 29.3 Å². The van der Waals surface area contributed by atoms with Crippen molar-refractivity contribution in [2.75, 3.05) is 34.5 Å². The average Bonchev–Trinajstić information content (AvgIpc) is 2.70. The molecular weight excluding hydrogens is 394 g/mol. The smallest absolute Gasteiger partial charge is 0.416 e. The Kier molecular flexibility index (Phi) is 7.44. The highest BCUT2D eigenvalue weighted by atomic mass is 19.4. The zero-order chi connectivity index (χ0) is 21.6. The van der Waals surface area contributed by atoms with E-state index in [1.54, 1.807) is 0 Å². The lowest BCUT2D eigenvalue weighted by atomic mass is 9.95. The molecule has 0 bridgehead atoms. The predicted octanol–water partition coefficient (Wildman–Crippen LogP) is 4.13. The van der Waals surface area contributed by atoms with E-state index in [0.29, 0.717) is 17.5 Å². The maximum atomic E-state index is 14.0. The Morgan fingerprint density at radius 2 is 1.69 bits per heavy atom. The molecule has 0 fully saturated rings. The Labute approximate surface area is 165 Å². The SMILES string of the molecule is COCCN(C=O)Cc1cc(C(F)(F)F)ccc1-c1cc(OC)c(F)cc1OC. The summed E-state index contributed by atoms with van der Waals surface area (Å²) in [7, 11) is 4.06. The first-order chi connectivity index (χ1) is 13.7. The molecular formula is C20H21F4NO4. The van der Waals surface area contributed by atoms with E-state index in [0.717, 1.165) is 18.2 Å². The van der Waals surface area contributed by atoms with Crippen molar-refractivity contribution >= 4 is 6.41 Å². The van der Waals surface area contributed by atoms with E-state index >= 15 is 0 Å². The Bertz CT molecular complexity index is 855. The molecule has 29 heavy (non-hydrogen) atoms. The van der Waals surface area contributed by atoms with Gasteiger partial charge in [-0.1, -0.05) is 6.07 Å². The van der Waals surface area contributed by atoms with Gasteiger partial charge in [-0.2, -0.15) is 13.2 Å². The summed E-state index contributed by atoms with van der Waals surface area (Å²) in [6.45, 7) is 0.315. The minimum Gasteiger partial charge on any atom is -0.496 e. The fourth-order valence-electron chi connectivity index (χ4n) is 2.83. The molecule has 0 saturated heterocycles. The van der Waals surface area contributed by atoms with Crippen LogP contribution in [0.25, 0.3) is 11.1 Å². The summed E-state index contributed by atoms with van der Waals surface area (Å²) in [5.41, 5.74) is 0.0568. The van der Waals surface area contributed by atoms with Gasteiger partial charge in [0.15, 0.2) is 11.6 Å². The van der Waals surface area contributed by atoms with E-state index in [-0.39, 0.29) is 36.8 Å². The molecule has 0 atom stereocenters. The first-order valence-corrected chi connectivity index (χ1v) is 8.55. The van der Waals surface area contributed by atoms with Gasteiger partial charge in [-0.3, -0.25) is 4.79 Å². The van der Waals surface area contributed by atoms with E-state index < -0.39 is 17.6 Å². The van der Waals surface area contributed by atoms with E-state index in [1.807, 2.05) is 0 Å². The predicted molar refractivity (Wildman–Crippen MR) is 98.3 cm³/mol. The first kappa shape index (κ1) is 22.5. The third-order valence-electron chi connectivity index (χ3n) is 4.30. The molecule has 2 aromatic rings. The van der Waals surface area contributed by atoms with Gasteiger partial charge < -0.3 is 19.1 Å². The number of alkyl halides is 3. The van der Waals surface area contributed by atoms with Crippen molar-refractivity contribution in [3.05, 3.63) is 47.3 Å². The summed E-state index contributed by atoms with van der Waals surface area (Å²) in [6.07, 6.45) is -4.03. The fourth-order valence-corrected chi connectivity index (χ4v) is 2.83. The van der Waals surface area contributed by atoms with Gasteiger partial charge in [0.05, 0.1) is 26.4 Å². The van der Waals surface area contributed by atoms with Crippen molar-refractivity contribution in [3.63, 3.8) is 0 Å². The maximum absolute atomic E-state index is 14.0. The Morgan fingerprint density at radius 3 is 2.24 bits per heavy atom. The lowest BCUT2D eigenvalue weighted by molar-refractivity contribution is -0.137. The molecule has 0 aliphatic heterocycles. The highest BCUT2D eigenvalue weighted by Crippen LogP contribution is 2.39. The Hall–Kier alpha value is -2.81. The highest BCUT2D eigenvalue weighted by Gasteiger charge is 2.31. The standard InChI is InChI=1S/C20H21F4NO4/c1-27-7-6-25(12-26)11-13-8-14(20(22,23)24)4-5-15(13)16-9-19(29-3)17(21)10-18(16)28-2/h4-5,8-10,12H,6-7,11H2,1-3H3. The summed E-state index contributed by atoms with van der Waals surface area (Å²) in [5.74, 6) is -0.631. The number of methoxy groups -OCH3 is 3. The molecule has 0 aliphatic rings. The van der Waals surface area contributed by atoms with Crippen LogP contribution >= 0.6 is 0 Å². The Balaban J connectivity index is 2.63. The summed E-state index contributed by atoms with van der Waals surface area (Å²) in [4.78, 5) is 12.7. The fraction of sp³-hybridized carbons (Fsp3) is 0.350. The van der Waals surface area contributed by atoms with Crippen LogP contribution in [-0.2, 0) is 22.3 Å². The third-order valence-corrected chi connectivity index (χ3v) is 4.30. The zero-order valence-electron chi connectivity index (χ0n) is 16.2. The largest absolute Gasteiger partial charge is 0.496 e. The second-order valence-corrected chi connectivity index (χ2v) is 6.13. The quantitative estimate of drug-likeness (QED) is 0.456. The van der Waals surface area contributed by atoms with Crippen LogP contribution in [0, 0.1) is 5.82 Å². The Morgan fingerprint density at radius 1 is 1.00 bits per heavy atom. The number of carbonyl (C=O) groups is 1. The lowest BCUT2D eigenvalue weighted by Gasteiger charge is -2.21. The lowest BCUT2D eigenvalue weighted by Crippen LogP contribution is -2.26. The minimum absolute atomic E-state index is 0.0849. The normalized spacial score (nSPS) is 11.3. The number of hydrogen-bond donors (Lipinski definition) is 0. The van der Waals surface area contributed by atoms with Crippen molar-refractivity contribution in [3.8, 4) is 22.6 Å². The number of amides is 1. The summed E-state index contributed by atoms with van der Waals surface area (Å²) < 4.78 is 68.9. The molecule has 9 heteroatoms. The molecule has 0 aromatic heterocycles. The van der Waals surface area contributed by atoms with Gasteiger partial charge in [-0.15, -0.1) is 0 Å². The number of carbonyl (C=O) groups excluding carboxylic acids is 1. The van der Waals surface area contributed by atoms with Crippen molar-refractivity contribution in [1.82, 2.24) is 4.90 Å². The molecule has 0 radical (unpaired) electrons. The third kappa shape index (κ3) is 5.38. The second-order valence-electron chi connectivity index (χ2n) is 6.13. The number of hydrogen-bond acceptors (Lipinski definition) is 4. The molecule has 2 aromatic carbocycles. The molecule has 0 heterocycles. The van der Waals surface area contributed by atoms with Gasteiger partial charge in [0.25, 0.3) is 0 Å². The van der Waals surface area contributed by atoms with Crippen LogP contribution in [-0.4, -0.2) is 45.8 Å². The van der Waals surface area contributed by atoms with Crippen LogP contribution in [0.4, 0.5) is 17.6 Å². The molecule has 0 N–H and O–H groups in total. The number of benzene rings is 2. The van der Waals surface area contributed by atoms with Crippen LogP contribution in [0.15, 0.2) is 30.3 Å². The van der Waals surface area contributed by atoms with Crippen LogP contribution in [0.5, 0.6) is 11.5 Å². The summed E-state index contributed by atoms with van der Waals surface area (Å²) >= 11 is 0. The average molecular weight is 415 g/mol. The topological polar surface area (TPSA) is 48.0 Å². The number of halogens is 4. The molecule has 0 spiro atoms. The van der Waals surface area contributed by atoms with Gasteiger partial charge in [0, 0.05) is 31.8 Å². The van der Waals surface area contributed by atoms with Crippen LogP contribution < -0.4 is 9.47 Å².